The Kier molecular flexibility index (Phi) is 3.52. The van der Waals surface area contributed by atoms with Crippen LogP contribution in [0.2, 0.25) is 0 Å². The fraction of sp³-hybridized carbons (Fsp3) is 0.0526. The maximum atomic E-state index is 4.42. The van der Waals surface area contributed by atoms with Gasteiger partial charge in [0.05, 0.1) is 5.39 Å². The maximum absolute atomic E-state index is 4.42. The number of aromatic nitrogens is 2. The molecule has 0 aliphatic heterocycles. The van der Waals surface area contributed by atoms with Gasteiger partial charge in [-0.15, -0.1) is 11.3 Å². The Morgan fingerprint density at radius 1 is 0.913 bits per heavy atom. The quantitative estimate of drug-likeness (QED) is 0.549. The monoisotopic (exact) mass is 317 g/mol. The molecule has 4 aromatic rings. The van der Waals surface area contributed by atoms with Crippen molar-refractivity contribution in [3.05, 3.63) is 72.6 Å². The molecule has 0 bridgehead atoms. The molecule has 3 nitrogen and oxygen atoms in total. The Labute approximate surface area is 138 Å². The van der Waals surface area contributed by atoms with E-state index in [4.69, 9.17) is 0 Å². The molecule has 2 aromatic carbocycles. The molecule has 0 aliphatic carbocycles. The number of anilines is 2. The van der Waals surface area contributed by atoms with Crippen LogP contribution in [0, 0.1) is 6.92 Å². The van der Waals surface area contributed by atoms with Gasteiger partial charge in [0.15, 0.2) is 0 Å². The molecule has 0 unspecified atom stereocenters. The average Bonchev–Trinajstić information content (AvgIpc) is 3.03. The molecule has 0 saturated carbocycles. The van der Waals surface area contributed by atoms with Crippen LogP contribution in [0.25, 0.3) is 20.7 Å². The van der Waals surface area contributed by atoms with Crippen molar-refractivity contribution >= 4 is 33.1 Å². The Hall–Kier alpha value is -2.72. The molecule has 0 fully saturated rings. The van der Waals surface area contributed by atoms with Crippen LogP contribution in [-0.4, -0.2) is 9.97 Å². The fourth-order valence-corrected chi connectivity index (χ4v) is 3.48. The first-order valence-corrected chi connectivity index (χ1v) is 8.25. The summed E-state index contributed by atoms with van der Waals surface area (Å²) in [6.45, 7) is 2.08. The van der Waals surface area contributed by atoms with Gasteiger partial charge in [0.1, 0.15) is 17.0 Å². The zero-order valence-electron chi connectivity index (χ0n) is 12.7. The first-order chi connectivity index (χ1) is 11.3. The predicted octanol–water partition coefficient (Wildman–Crippen LogP) is 5.41. The Balaban J connectivity index is 1.75. The van der Waals surface area contributed by atoms with E-state index >= 15 is 0 Å². The predicted molar refractivity (Wildman–Crippen MR) is 97.3 cm³/mol. The SMILES string of the molecule is Cc1ccc(Nc2ncnc3sc(-c4ccccc4)cc23)cc1. The lowest BCUT2D eigenvalue weighted by Crippen LogP contribution is -1.94. The van der Waals surface area contributed by atoms with Gasteiger partial charge < -0.3 is 5.32 Å². The summed E-state index contributed by atoms with van der Waals surface area (Å²) >= 11 is 1.69. The van der Waals surface area contributed by atoms with Gasteiger partial charge in [-0.3, -0.25) is 0 Å². The molecule has 0 aliphatic rings. The minimum atomic E-state index is 0.845. The number of aryl methyl sites for hydroxylation is 1. The number of hydrogen-bond acceptors (Lipinski definition) is 4. The maximum Gasteiger partial charge on any atom is 0.142 e. The van der Waals surface area contributed by atoms with Crippen molar-refractivity contribution in [1.29, 1.82) is 0 Å². The van der Waals surface area contributed by atoms with Crippen molar-refractivity contribution in [3.63, 3.8) is 0 Å². The highest BCUT2D eigenvalue weighted by Crippen LogP contribution is 2.35. The number of nitrogens with one attached hydrogen (secondary N) is 1. The van der Waals surface area contributed by atoms with Crippen LogP contribution in [0.1, 0.15) is 5.56 Å². The summed E-state index contributed by atoms with van der Waals surface area (Å²) in [6.07, 6.45) is 1.62. The van der Waals surface area contributed by atoms with Gasteiger partial charge >= 0.3 is 0 Å². The van der Waals surface area contributed by atoms with E-state index in [2.05, 4.69) is 76.8 Å². The van der Waals surface area contributed by atoms with Crippen LogP contribution in [0.5, 0.6) is 0 Å². The van der Waals surface area contributed by atoms with Crippen LogP contribution in [0.15, 0.2) is 67.0 Å². The lowest BCUT2D eigenvalue weighted by atomic mass is 10.2. The summed E-state index contributed by atoms with van der Waals surface area (Å²) in [5, 5.41) is 4.45. The second-order valence-electron chi connectivity index (χ2n) is 5.41. The zero-order chi connectivity index (χ0) is 15.6. The standard InChI is InChI=1S/C19H15N3S/c1-13-7-9-15(10-8-13)22-18-16-11-17(14-5-3-2-4-6-14)23-19(16)21-12-20-18/h2-12H,1H3,(H,20,21,22). The first kappa shape index (κ1) is 13.9. The van der Waals surface area contributed by atoms with E-state index in [-0.39, 0.29) is 0 Å². The van der Waals surface area contributed by atoms with Gasteiger partial charge in [-0.25, -0.2) is 9.97 Å². The third-order valence-electron chi connectivity index (χ3n) is 3.70. The number of fused-ring (bicyclic) bond motifs is 1. The molecule has 23 heavy (non-hydrogen) atoms. The zero-order valence-corrected chi connectivity index (χ0v) is 13.5. The molecular formula is C19H15N3S. The molecule has 2 heterocycles. The van der Waals surface area contributed by atoms with E-state index in [1.807, 2.05) is 6.07 Å². The van der Waals surface area contributed by atoms with E-state index < -0.39 is 0 Å². The van der Waals surface area contributed by atoms with Crippen molar-refractivity contribution < 1.29 is 0 Å². The number of hydrogen-bond donors (Lipinski definition) is 1. The van der Waals surface area contributed by atoms with Gasteiger partial charge in [-0.05, 0) is 30.7 Å². The van der Waals surface area contributed by atoms with Crippen molar-refractivity contribution in [3.8, 4) is 10.4 Å². The molecule has 0 atom stereocenters. The van der Waals surface area contributed by atoms with Crippen molar-refractivity contribution in [2.45, 2.75) is 6.92 Å². The van der Waals surface area contributed by atoms with E-state index in [1.54, 1.807) is 17.7 Å². The van der Waals surface area contributed by atoms with Gasteiger partial charge in [-0.1, -0.05) is 48.0 Å². The highest BCUT2D eigenvalue weighted by atomic mass is 32.1. The topological polar surface area (TPSA) is 37.8 Å². The molecule has 0 radical (unpaired) electrons. The first-order valence-electron chi connectivity index (χ1n) is 7.43. The number of nitrogens with zero attached hydrogens (tertiary/aromatic N) is 2. The van der Waals surface area contributed by atoms with E-state index in [0.717, 1.165) is 21.7 Å². The van der Waals surface area contributed by atoms with Crippen LogP contribution >= 0.6 is 11.3 Å². The summed E-state index contributed by atoms with van der Waals surface area (Å²) in [5.74, 6) is 0.845. The summed E-state index contributed by atoms with van der Waals surface area (Å²) in [7, 11) is 0. The van der Waals surface area contributed by atoms with Crippen molar-refractivity contribution in [1.82, 2.24) is 9.97 Å². The lowest BCUT2D eigenvalue weighted by Gasteiger charge is -2.06. The van der Waals surface area contributed by atoms with Gasteiger partial charge in [0.2, 0.25) is 0 Å². The highest BCUT2D eigenvalue weighted by Gasteiger charge is 2.10. The van der Waals surface area contributed by atoms with Crippen LogP contribution < -0.4 is 5.32 Å². The molecule has 0 saturated heterocycles. The minimum absolute atomic E-state index is 0.845. The van der Waals surface area contributed by atoms with Crippen molar-refractivity contribution in [2.75, 3.05) is 5.32 Å². The summed E-state index contributed by atoms with van der Waals surface area (Å²) < 4.78 is 0. The summed E-state index contributed by atoms with van der Waals surface area (Å²) in [4.78, 5) is 11.0. The summed E-state index contributed by atoms with van der Waals surface area (Å²) in [6, 6.07) is 20.8. The molecule has 1 N–H and O–H groups in total. The third kappa shape index (κ3) is 2.81. The highest BCUT2D eigenvalue weighted by molar-refractivity contribution is 7.21. The van der Waals surface area contributed by atoms with Crippen LogP contribution in [0.3, 0.4) is 0 Å². The molecule has 2 aromatic heterocycles. The van der Waals surface area contributed by atoms with Crippen LogP contribution in [-0.2, 0) is 0 Å². The number of benzene rings is 2. The second kappa shape index (κ2) is 5.82. The Morgan fingerprint density at radius 3 is 2.48 bits per heavy atom. The van der Waals surface area contributed by atoms with Crippen LogP contribution in [0.4, 0.5) is 11.5 Å². The lowest BCUT2D eigenvalue weighted by molar-refractivity contribution is 1.23. The molecule has 112 valence electrons. The minimum Gasteiger partial charge on any atom is -0.340 e. The third-order valence-corrected chi connectivity index (χ3v) is 4.79. The molecule has 4 heteroatoms. The molecule has 0 amide bonds. The smallest absolute Gasteiger partial charge is 0.142 e. The van der Waals surface area contributed by atoms with Gasteiger partial charge in [0, 0.05) is 10.6 Å². The van der Waals surface area contributed by atoms with Gasteiger partial charge in [-0.2, -0.15) is 0 Å². The Morgan fingerprint density at radius 2 is 1.70 bits per heavy atom. The molecular weight excluding hydrogens is 302 g/mol. The fourth-order valence-electron chi connectivity index (χ4n) is 2.47. The second-order valence-corrected chi connectivity index (χ2v) is 6.44. The summed E-state index contributed by atoms with van der Waals surface area (Å²) in [5.41, 5.74) is 3.48. The average molecular weight is 317 g/mol. The number of thiophene rings is 1. The van der Waals surface area contributed by atoms with E-state index in [1.165, 1.54) is 16.0 Å². The molecule has 4 rings (SSSR count). The van der Waals surface area contributed by atoms with E-state index in [0.29, 0.717) is 0 Å². The van der Waals surface area contributed by atoms with E-state index in [9.17, 15) is 0 Å². The normalized spacial score (nSPS) is 10.8. The number of rotatable bonds is 3. The van der Waals surface area contributed by atoms with Crippen molar-refractivity contribution in [2.24, 2.45) is 0 Å². The van der Waals surface area contributed by atoms with Gasteiger partial charge in [0.25, 0.3) is 0 Å². The molecule has 0 spiro atoms. The largest absolute Gasteiger partial charge is 0.340 e. The Bertz CT molecular complexity index is 943.